The van der Waals surface area contributed by atoms with E-state index in [4.69, 9.17) is 9.47 Å². The number of hydrogen-bond donors (Lipinski definition) is 4. The third kappa shape index (κ3) is 5.69. The topological polar surface area (TPSA) is 212 Å². The second-order valence-electron chi connectivity index (χ2n) is 13.1. The predicted octanol–water partition coefficient (Wildman–Crippen LogP) is 1.71. The fourth-order valence-corrected chi connectivity index (χ4v) is 8.33. The molecule has 3 saturated carbocycles. The van der Waals surface area contributed by atoms with Gasteiger partial charge in [-0.25, -0.2) is 9.18 Å². The zero-order valence-corrected chi connectivity index (χ0v) is 25.8. The van der Waals surface area contributed by atoms with Crippen molar-refractivity contribution in [3.05, 3.63) is 63.7 Å². The molecule has 2 unspecified atom stereocenters. The van der Waals surface area contributed by atoms with E-state index in [0.717, 1.165) is 0 Å². The van der Waals surface area contributed by atoms with Gasteiger partial charge in [0.25, 0.3) is 5.09 Å². The van der Waals surface area contributed by atoms with Gasteiger partial charge in [0, 0.05) is 16.7 Å². The molecule has 4 aliphatic rings. The molecule has 0 aromatic heterocycles. The Bertz CT molecular complexity index is 1550. The molecule has 3 fully saturated rings. The Morgan fingerprint density at radius 2 is 1.91 bits per heavy atom. The maximum atomic E-state index is 17.2. The number of nitrogens with one attached hydrogen (secondary N) is 1. The van der Waals surface area contributed by atoms with Crippen molar-refractivity contribution in [3.63, 3.8) is 0 Å². The van der Waals surface area contributed by atoms with Gasteiger partial charge in [0.2, 0.25) is 5.78 Å². The summed E-state index contributed by atoms with van der Waals surface area (Å²) in [7, 11) is 0. The number of ketones is 2. The number of rotatable bonds is 10. The zero-order chi connectivity index (χ0) is 34.4. The summed E-state index contributed by atoms with van der Waals surface area (Å²) in [6.45, 7) is 1.28. The number of aliphatic hydroxyl groups is 3. The van der Waals surface area contributed by atoms with Crippen molar-refractivity contribution in [2.45, 2.75) is 69.4 Å². The van der Waals surface area contributed by atoms with Crippen LogP contribution in [0.3, 0.4) is 0 Å². The van der Waals surface area contributed by atoms with Crippen molar-refractivity contribution in [1.82, 2.24) is 5.32 Å². The van der Waals surface area contributed by atoms with Crippen LogP contribution in [-0.2, 0) is 30.4 Å². The van der Waals surface area contributed by atoms with Crippen molar-refractivity contribution >= 4 is 23.6 Å². The van der Waals surface area contributed by atoms with E-state index in [1.807, 2.05) is 0 Å². The molecule has 8 atom stereocenters. The maximum Gasteiger partial charge on any atom is 0.413 e. The standard InChI is InChI=1S/C32H37FN2O12/c1-29-10-8-20(36)13-19(29)6-7-22-23-14-24(37)32(42,30(23,2)15-25(38)31(22,29)33)26(39)17-45-27(40)16-34-28(41)47-21-5-3-4-18(12-21)9-11-46-35(43)44/h3-5,8,10,12-13,22-25,37-38,42H,6-7,9,11,14-17H2,1-2H3,(H,34,41)/t22?,23?,24-,25+,29+,30+,31+,32+/m1/s1. The quantitative estimate of drug-likeness (QED) is 0.161. The van der Waals surface area contributed by atoms with E-state index in [1.54, 1.807) is 19.1 Å². The highest BCUT2D eigenvalue weighted by Crippen LogP contribution is 2.69. The zero-order valence-electron chi connectivity index (χ0n) is 25.8. The molecule has 4 aliphatic carbocycles. The summed E-state index contributed by atoms with van der Waals surface area (Å²) in [4.78, 5) is 64.6. The van der Waals surface area contributed by atoms with E-state index < -0.39 is 82.2 Å². The van der Waals surface area contributed by atoms with Crippen molar-refractivity contribution in [2.75, 3.05) is 19.8 Å². The molecule has 1 amide bonds. The number of benzene rings is 1. The van der Waals surface area contributed by atoms with Gasteiger partial charge < -0.3 is 34.9 Å². The van der Waals surface area contributed by atoms with E-state index in [1.165, 1.54) is 37.3 Å². The Morgan fingerprint density at radius 3 is 2.64 bits per heavy atom. The number of carbonyl (C=O) groups excluding carboxylic acids is 4. The maximum absolute atomic E-state index is 17.2. The number of ether oxygens (including phenoxy) is 2. The molecule has 0 radical (unpaired) electrons. The van der Waals surface area contributed by atoms with Crippen molar-refractivity contribution in [3.8, 4) is 5.75 Å². The summed E-state index contributed by atoms with van der Waals surface area (Å²) >= 11 is 0. The molecular formula is C32H37FN2O12. The van der Waals surface area contributed by atoms with Gasteiger partial charge in [0.05, 0.1) is 12.2 Å². The van der Waals surface area contributed by atoms with Crippen molar-refractivity contribution < 1.29 is 58.3 Å². The first kappa shape index (κ1) is 34.1. The van der Waals surface area contributed by atoms with Crippen LogP contribution >= 0.6 is 0 Å². The number of nitrogens with zero attached hydrogens (tertiary/aromatic N) is 1. The number of Topliss-reactive ketones (excluding diaryl/α,β-unsaturated/α-hetero) is 1. The number of halogens is 1. The van der Waals surface area contributed by atoms with Crippen LogP contribution in [0.2, 0.25) is 0 Å². The highest BCUT2D eigenvalue weighted by atomic mass is 19.1. The van der Waals surface area contributed by atoms with Gasteiger partial charge in [-0.15, -0.1) is 10.1 Å². The molecule has 4 N–H and O–H groups in total. The highest BCUT2D eigenvalue weighted by Gasteiger charge is 2.76. The lowest BCUT2D eigenvalue weighted by molar-refractivity contribution is -0.757. The summed E-state index contributed by atoms with van der Waals surface area (Å²) < 4.78 is 27.3. The first-order valence-electron chi connectivity index (χ1n) is 15.3. The minimum atomic E-state index is -2.47. The molecule has 0 saturated heterocycles. The van der Waals surface area contributed by atoms with Gasteiger partial charge >= 0.3 is 12.1 Å². The number of amides is 1. The summed E-state index contributed by atoms with van der Waals surface area (Å²) in [5, 5.41) is 45.8. The molecule has 0 aliphatic heterocycles. The Kier molecular flexibility index (Phi) is 9.03. The van der Waals surface area contributed by atoms with Crippen molar-refractivity contribution in [1.29, 1.82) is 0 Å². The average molecular weight is 661 g/mol. The van der Waals surface area contributed by atoms with Gasteiger partial charge in [-0.05, 0) is 74.8 Å². The van der Waals surface area contributed by atoms with Crippen LogP contribution in [0.15, 0.2) is 48.1 Å². The SMILES string of the molecule is C[C@]12C=CC(=O)C=C1CCC1C3C[C@@H](O)[C@](O)(C(=O)COC(=O)CNC(=O)Oc4cccc(CCO[N+](=O)[O-])c4)[C@@]3(C)C[C@H](O)[C@@]12F. The largest absolute Gasteiger partial charge is 0.456 e. The molecule has 14 nitrogen and oxygen atoms in total. The normalized spacial score (nSPS) is 35.4. The van der Waals surface area contributed by atoms with Crippen LogP contribution in [0.5, 0.6) is 5.75 Å². The van der Waals surface area contributed by atoms with E-state index in [2.05, 4.69) is 10.2 Å². The lowest BCUT2D eigenvalue weighted by Crippen LogP contribution is -2.69. The van der Waals surface area contributed by atoms with E-state index >= 15 is 4.39 Å². The molecule has 0 spiro atoms. The summed E-state index contributed by atoms with van der Waals surface area (Å²) in [5.41, 5.74) is -6.32. The summed E-state index contributed by atoms with van der Waals surface area (Å²) in [5.74, 6) is -3.85. The summed E-state index contributed by atoms with van der Waals surface area (Å²) in [6, 6.07) is 6.09. The minimum Gasteiger partial charge on any atom is -0.456 e. The second-order valence-corrected chi connectivity index (χ2v) is 13.1. The van der Waals surface area contributed by atoms with Crippen LogP contribution in [-0.4, -0.2) is 87.3 Å². The van der Waals surface area contributed by atoms with Gasteiger partial charge in [0.1, 0.15) is 18.9 Å². The smallest absolute Gasteiger partial charge is 0.413 e. The fourth-order valence-electron chi connectivity index (χ4n) is 8.33. The average Bonchev–Trinajstić information content (AvgIpc) is 3.21. The van der Waals surface area contributed by atoms with E-state index in [-0.39, 0.29) is 43.8 Å². The van der Waals surface area contributed by atoms with E-state index in [9.17, 15) is 44.6 Å². The number of esters is 1. The number of alkyl halides is 1. The fraction of sp³-hybridized carbons (Fsp3) is 0.562. The Hall–Kier alpha value is -4.21. The Labute approximate surface area is 268 Å². The second kappa shape index (κ2) is 12.4. The third-order valence-corrected chi connectivity index (χ3v) is 10.7. The molecular weight excluding hydrogens is 623 g/mol. The van der Waals surface area contributed by atoms with Gasteiger partial charge in [-0.1, -0.05) is 30.7 Å². The lowest BCUT2D eigenvalue weighted by atomic mass is 9.44. The number of hydrogen-bond acceptors (Lipinski definition) is 12. The molecule has 5 rings (SSSR count). The molecule has 0 heterocycles. The van der Waals surface area contributed by atoms with Crippen LogP contribution in [0.25, 0.3) is 0 Å². The number of carbonyl (C=O) groups is 4. The lowest BCUT2D eigenvalue weighted by Gasteiger charge is -2.62. The monoisotopic (exact) mass is 660 g/mol. The minimum absolute atomic E-state index is 0.0871. The van der Waals surface area contributed by atoms with Crippen LogP contribution < -0.4 is 10.1 Å². The first-order chi connectivity index (χ1) is 22.1. The summed E-state index contributed by atoms with van der Waals surface area (Å²) in [6.07, 6.45) is 0.0720. The number of allylic oxidation sites excluding steroid dienone is 4. The van der Waals surface area contributed by atoms with Crippen LogP contribution in [0.1, 0.15) is 45.1 Å². The predicted molar refractivity (Wildman–Crippen MR) is 158 cm³/mol. The molecule has 47 heavy (non-hydrogen) atoms. The molecule has 0 bridgehead atoms. The Morgan fingerprint density at radius 1 is 1.17 bits per heavy atom. The van der Waals surface area contributed by atoms with Crippen molar-refractivity contribution in [2.24, 2.45) is 22.7 Å². The molecule has 254 valence electrons. The number of aliphatic hydroxyl groups excluding tert-OH is 2. The Balaban J connectivity index is 1.19. The van der Waals surface area contributed by atoms with Gasteiger partial charge in [-0.2, -0.15) is 0 Å². The number of fused-ring (bicyclic) bond motifs is 5. The molecule has 1 aromatic rings. The van der Waals surface area contributed by atoms with Gasteiger partial charge in [0.15, 0.2) is 23.7 Å². The van der Waals surface area contributed by atoms with Crippen LogP contribution in [0, 0.1) is 32.8 Å². The van der Waals surface area contributed by atoms with E-state index in [0.29, 0.717) is 17.6 Å². The first-order valence-corrected chi connectivity index (χ1v) is 15.3. The van der Waals surface area contributed by atoms with Gasteiger partial charge in [-0.3, -0.25) is 14.4 Å². The molecule has 1 aromatic carbocycles. The highest BCUT2D eigenvalue weighted by molar-refractivity contribution is 6.01. The third-order valence-electron chi connectivity index (χ3n) is 10.7. The molecule has 15 heteroatoms. The van der Waals surface area contributed by atoms with Crippen LogP contribution in [0.4, 0.5) is 9.18 Å².